The fourth-order valence-electron chi connectivity index (χ4n) is 2.61. The largest absolute Gasteiger partial charge is 0.493 e. The molecule has 27 heavy (non-hydrogen) atoms. The van der Waals surface area contributed by atoms with Crippen molar-refractivity contribution in [2.45, 2.75) is 25.6 Å². The maximum atomic E-state index is 12.3. The van der Waals surface area contributed by atoms with E-state index in [2.05, 4.69) is 15.5 Å². The lowest BCUT2D eigenvalue weighted by molar-refractivity contribution is -0.129. The summed E-state index contributed by atoms with van der Waals surface area (Å²) >= 11 is 0. The predicted molar refractivity (Wildman–Crippen MR) is 111 cm³/mol. The van der Waals surface area contributed by atoms with Gasteiger partial charge in [0.2, 0.25) is 5.91 Å². The van der Waals surface area contributed by atoms with Gasteiger partial charge in [0.25, 0.3) is 0 Å². The number of carbonyl (C=O) groups excluding carboxylic acids is 1. The molecule has 0 aromatic heterocycles. The van der Waals surface area contributed by atoms with Crippen LogP contribution in [0.1, 0.15) is 12.5 Å². The van der Waals surface area contributed by atoms with E-state index in [1.807, 2.05) is 39.2 Å². The Bertz CT molecular complexity index is 576. The smallest absolute Gasteiger partial charge is 0.240 e. The number of benzene rings is 1. The highest BCUT2D eigenvalue weighted by Gasteiger charge is 2.27. The van der Waals surface area contributed by atoms with Gasteiger partial charge in [-0.3, -0.25) is 4.79 Å². The number of methoxy groups -OCH3 is 1. The molecule has 2 rings (SSSR count). The number of morpholine rings is 1. The van der Waals surface area contributed by atoms with Crippen LogP contribution < -0.4 is 20.1 Å². The van der Waals surface area contributed by atoms with E-state index in [-0.39, 0.29) is 42.9 Å². The molecule has 2 N–H and O–H groups in total. The summed E-state index contributed by atoms with van der Waals surface area (Å²) in [5.41, 5.74) is 0.953. The zero-order valence-electron chi connectivity index (χ0n) is 16.3. The van der Waals surface area contributed by atoms with Gasteiger partial charge in [0.15, 0.2) is 11.5 Å². The van der Waals surface area contributed by atoms with Crippen molar-refractivity contribution in [2.75, 3.05) is 47.5 Å². The number of nitrogens with zero attached hydrogens (tertiary/aromatic N) is 1. The molecular weight excluding hydrogens is 393 g/mol. The van der Waals surface area contributed by atoms with E-state index in [1.54, 1.807) is 7.11 Å². The van der Waals surface area contributed by atoms with E-state index in [1.165, 1.54) is 0 Å². The summed E-state index contributed by atoms with van der Waals surface area (Å²) in [4.78, 5) is 14.4. The lowest BCUT2D eigenvalue weighted by atomic mass is 10.1. The highest BCUT2D eigenvalue weighted by molar-refractivity contribution is 5.85. The molecule has 1 heterocycles. The van der Waals surface area contributed by atoms with Gasteiger partial charge in [-0.05, 0) is 38.7 Å². The number of hydrogen-bond donors (Lipinski definition) is 2. The van der Waals surface area contributed by atoms with Crippen LogP contribution in [0.3, 0.4) is 0 Å². The van der Waals surface area contributed by atoms with Crippen molar-refractivity contribution in [1.82, 2.24) is 15.5 Å². The number of halogens is 2. The molecule has 0 aliphatic carbocycles. The van der Waals surface area contributed by atoms with Crippen molar-refractivity contribution in [3.05, 3.63) is 23.8 Å². The molecule has 1 aliphatic rings. The SMILES string of the molecule is COc1cc(CNC(=O)[C@H]2NCCO[C@@H]2C)ccc1OCCN(C)C.Cl.Cl. The molecule has 2 atom stereocenters. The van der Waals surface area contributed by atoms with Crippen molar-refractivity contribution in [3.8, 4) is 11.5 Å². The third-order valence-electron chi connectivity index (χ3n) is 4.09. The zero-order chi connectivity index (χ0) is 18.2. The molecule has 9 heteroatoms. The van der Waals surface area contributed by atoms with Gasteiger partial charge in [-0.1, -0.05) is 6.07 Å². The van der Waals surface area contributed by atoms with E-state index < -0.39 is 0 Å². The van der Waals surface area contributed by atoms with Crippen LogP contribution in [0.2, 0.25) is 0 Å². The average molecular weight is 424 g/mol. The lowest BCUT2D eigenvalue weighted by Gasteiger charge is -2.29. The number of rotatable bonds is 8. The highest BCUT2D eigenvalue weighted by atomic mass is 35.5. The number of nitrogens with one attached hydrogen (secondary N) is 2. The van der Waals surface area contributed by atoms with Crippen molar-refractivity contribution in [3.63, 3.8) is 0 Å². The molecule has 0 saturated carbocycles. The summed E-state index contributed by atoms with van der Waals surface area (Å²) in [7, 11) is 5.61. The molecule has 0 spiro atoms. The van der Waals surface area contributed by atoms with Crippen LogP contribution in [0.15, 0.2) is 18.2 Å². The summed E-state index contributed by atoms with van der Waals surface area (Å²) in [6.07, 6.45) is -0.129. The normalized spacial score (nSPS) is 18.9. The van der Waals surface area contributed by atoms with Crippen LogP contribution in [-0.2, 0) is 16.1 Å². The monoisotopic (exact) mass is 423 g/mol. The zero-order valence-corrected chi connectivity index (χ0v) is 18.0. The van der Waals surface area contributed by atoms with E-state index in [0.717, 1.165) is 12.1 Å². The molecule has 1 aromatic carbocycles. The standard InChI is InChI=1S/C18H29N3O4.2ClH/c1-13-17(19-7-9-24-13)18(22)20-12-14-5-6-15(16(11-14)23-4)25-10-8-21(2)3;;/h5-6,11,13,17,19H,7-10,12H2,1-4H3,(H,20,22);2*1H/t13-,17+;;/m1../s1. The fraction of sp³-hybridized carbons (Fsp3) is 0.611. The van der Waals surface area contributed by atoms with Gasteiger partial charge >= 0.3 is 0 Å². The number of amides is 1. The Hall–Kier alpha value is -1.25. The van der Waals surface area contributed by atoms with Gasteiger partial charge in [-0.25, -0.2) is 0 Å². The molecule has 1 fully saturated rings. The minimum absolute atomic E-state index is 0. The summed E-state index contributed by atoms with van der Waals surface area (Å²) < 4.78 is 16.7. The number of likely N-dealkylation sites (N-methyl/N-ethyl adjacent to an activating group) is 1. The lowest BCUT2D eigenvalue weighted by Crippen LogP contribution is -2.55. The van der Waals surface area contributed by atoms with E-state index >= 15 is 0 Å². The molecule has 1 aliphatic heterocycles. The van der Waals surface area contributed by atoms with Gasteiger partial charge in [0.05, 0.1) is 19.8 Å². The molecule has 0 unspecified atom stereocenters. The third kappa shape index (κ3) is 8.11. The predicted octanol–water partition coefficient (Wildman–Crippen LogP) is 1.47. The fourth-order valence-corrected chi connectivity index (χ4v) is 2.61. The quantitative estimate of drug-likeness (QED) is 0.659. The van der Waals surface area contributed by atoms with Gasteiger partial charge in [-0.2, -0.15) is 0 Å². The van der Waals surface area contributed by atoms with Crippen molar-refractivity contribution < 1.29 is 19.0 Å². The molecule has 7 nitrogen and oxygen atoms in total. The number of ether oxygens (including phenoxy) is 3. The van der Waals surface area contributed by atoms with E-state index in [0.29, 0.717) is 37.8 Å². The Balaban J connectivity index is 0.00000338. The van der Waals surface area contributed by atoms with Crippen LogP contribution in [-0.4, -0.2) is 70.5 Å². The van der Waals surface area contributed by atoms with Crippen LogP contribution in [0.25, 0.3) is 0 Å². The Morgan fingerprint density at radius 3 is 2.70 bits per heavy atom. The summed E-state index contributed by atoms with van der Waals surface area (Å²) in [6, 6.07) is 5.38. The van der Waals surface area contributed by atoms with Crippen LogP contribution in [0.4, 0.5) is 0 Å². The Morgan fingerprint density at radius 2 is 2.07 bits per heavy atom. The molecule has 0 radical (unpaired) electrons. The molecule has 156 valence electrons. The molecule has 1 aromatic rings. The van der Waals surface area contributed by atoms with Crippen molar-refractivity contribution in [2.24, 2.45) is 0 Å². The van der Waals surface area contributed by atoms with E-state index in [4.69, 9.17) is 14.2 Å². The summed E-state index contributed by atoms with van der Waals surface area (Å²) in [5.74, 6) is 1.31. The molecule has 1 amide bonds. The average Bonchev–Trinajstić information content (AvgIpc) is 2.60. The topological polar surface area (TPSA) is 72.1 Å². The van der Waals surface area contributed by atoms with Gasteiger partial charge in [0, 0.05) is 19.6 Å². The third-order valence-corrected chi connectivity index (χ3v) is 4.09. The number of carbonyl (C=O) groups is 1. The number of hydrogen-bond acceptors (Lipinski definition) is 6. The van der Waals surface area contributed by atoms with Crippen LogP contribution >= 0.6 is 24.8 Å². The van der Waals surface area contributed by atoms with Gasteiger partial charge in [-0.15, -0.1) is 24.8 Å². The van der Waals surface area contributed by atoms with E-state index in [9.17, 15) is 4.79 Å². The minimum Gasteiger partial charge on any atom is -0.493 e. The Kier molecular flexibility index (Phi) is 12.4. The minimum atomic E-state index is -0.315. The maximum Gasteiger partial charge on any atom is 0.240 e. The van der Waals surface area contributed by atoms with Gasteiger partial charge < -0.3 is 29.7 Å². The first-order chi connectivity index (χ1) is 12.0. The molecular formula is C18H31Cl2N3O4. The second kappa shape index (κ2) is 13.0. The first kappa shape index (κ1) is 25.8. The second-order valence-corrected chi connectivity index (χ2v) is 6.36. The maximum absolute atomic E-state index is 12.3. The first-order valence-electron chi connectivity index (χ1n) is 8.58. The van der Waals surface area contributed by atoms with Crippen LogP contribution in [0.5, 0.6) is 11.5 Å². The van der Waals surface area contributed by atoms with Gasteiger partial charge in [0.1, 0.15) is 12.6 Å². The van der Waals surface area contributed by atoms with Crippen LogP contribution in [0, 0.1) is 0 Å². The molecule has 0 bridgehead atoms. The summed E-state index contributed by atoms with van der Waals surface area (Å²) in [5, 5.41) is 6.13. The molecule has 1 saturated heterocycles. The van der Waals surface area contributed by atoms with Crippen molar-refractivity contribution in [1.29, 1.82) is 0 Å². The summed E-state index contributed by atoms with van der Waals surface area (Å²) in [6.45, 7) is 5.07. The Labute approximate surface area is 173 Å². The highest BCUT2D eigenvalue weighted by Crippen LogP contribution is 2.28. The second-order valence-electron chi connectivity index (χ2n) is 6.36. The Morgan fingerprint density at radius 1 is 1.33 bits per heavy atom. The van der Waals surface area contributed by atoms with Crippen molar-refractivity contribution >= 4 is 30.7 Å². The first-order valence-corrected chi connectivity index (χ1v) is 8.58.